The Morgan fingerprint density at radius 3 is 2.54 bits per heavy atom. The van der Waals surface area contributed by atoms with E-state index in [0.29, 0.717) is 47.1 Å². The first-order valence-electron chi connectivity index (χ1n) is 22.4. The molecule has 1 saturated carbocycles. The molecule has 2 saturated heterocycles. The van der Waals surface area contributed by atoms with Crippen LogP contribution >= 0.6 is 11.6 Å². The molecule has 5 aromatic rings. The number of amides is 2. The van der Waals surface area contributed by atoms with Gasteiger partial charge in [0.25, 0.3) is 5.91 Å². The van der Waals surface area contributed by atoms with E-state index in [2.05, 4.69) is 67.3 Å². The molecule has 1 N–H and O–H groups in total. The Bertz CT molecular complexity index is 2570. The largest absolute Gasteiger partial charge is 0.490 e. The van der Waals surface area contributed by atoms with Gasteiger partial charge in [-0.3, -0.25) is 14.3 Å². The summed E-state index contributed by atoms with van der Waals surface area (Å²) in [5.41, 5.74) is 5.86. The minimum absolute atomic E-state index is 0.0298. The third kappa shape index (κ3) is 9.65. The molecule has 2 aromatic carbocycles. The van der Waals surface area contributed by atoms with Crippen molar-refractivity contribution >= 4 is 40.0 Å². The van der Waals surface area contributed by atoms with Crippen LogP contribution in [0.2, 0.25) is 5.02 Å². The SMILES string of the molecule is CC(=O)N1CCc2c(c(-c3cccc4cc(C#CCCC5CCN(c6ccc(C(=O)NC7CCC(Oc8ccc(C#N)c(Cl)c8)CC7)nn6)CC5)ncc34)nn2C2CCOCC2)C1. The number of nitrogens with one attached hydrogen (secondary N) is 1. The van der Waals surface area contributed by atoms with Gasteiger partial charge in [-0.15, -0.1) is 10.2 Å². The van der Waals surface area contributed by atoms with Crippen molar-refractivity contribution in [2.75, 3.05) is 37.7 Å². The van der Waals surface area contributed by atoms with Crippen LogP contribution in [0.3, 0.4) is 0 Å². The molecule has 13 nitrogen and oxygen atoms in total. The predicted molar refractivity (Wildman–Crippen MR) is 240 cm³/mol. The maximum absolute atomic E-state index is 13.0. The third-order valence-electron chi connectivity index (χ3n) is 13.2. The zero-order chi connectivity index (χ0) is 43.3. The van der Waals surface area contributed by atoms with Crippen molar-refractivity contribution < 1.29 is 19.1 Å². The number of fused-ring (bicyclic) bond motifs is 2. The molecule has 0 spiro atoms. The summed E-state index contributed by atoms with van der Waals surface area (Å²) in [5.74, 6) is 8.62. The minimum atomic E-state index is -0.212. The molecule has 1 aliphatic carbocycles. The van der Waals surface area contributed by atoms with Crippen LogP contribution in [0.1, 0.15) is 110 Å². The molecule has 0 unspecified atom stereocenters. The lowest BCUT2D eigenvalue weighted by atomic mass is 9.92. The van der Waals surface area contributed by atoms with E-state index in [9.17, 15) is 9.59 Å². The van der Waals surface area contributed by atoms with Crippen LogP contribution in [-0.2, 0) is 22.5 Å². The second-order valence-electron chi connectivity index (χ2n) is 17.2. The normalized spacial score (nSPS) is 19.4. The van der Waals surface area contributed by atoms with E-state index in [1.807, 2.05) is 17.2 Å². The first kappa shape index (κ1) is 42.3. The molecule has 0 atom stereocenters. The fourth-order valence-corrected chi connectivity index (χ4v) is 9.75. The summed E-state index contributed by atoms with van der Waals surface area (Å²) in [6, 6.07) is 19.6. The predicted octanol–water partition coefficient (Wildman–Crippen LogP) is 7.84. The average Bonchev–Trinajstić information content (AvgIpc) is 3.70. The number of benzene rings is 2. The third-order valence-corrected chi connectivity index (χ3v) is 13.5. The number of halogens is 1. The minimum Gasteiger partial charge on any atom is -0.490 e. The van der Waals surface area contributed by atoms with E-state index in [0.717, 1.165) is 136 Å². The lowest BCUT2D eigenvalue weighted by Gasteiger charge is -2.32. The molecule has 0 bridgehead atoms. The number of aromatic nitrogens is 5. The van der Waals surface area contributed by atoms with Crippen molar-refractivity contribution in [3.8, 4) is 34.9 Å². The molecule has 6 heterocycles. The zero-order valence-electron chi connectivity index (χ0n) is 35.7. The van der Waals surface area contributed by atoms with Crippen LogP contribution in [0.15, 0.2) is 60.8 Å². The molecular weight excluding hydrogens is 814 g/mol. The van der Waals surface area contributed by atoms with Gasteiger partial charge < -0.3 is 24.6 Å². The number of hydrogen-bond donors (Lipinski definition) is 1. The molecule has 3 fully saturated rings. The summed E-state index contributed by atoms with van der Waals surface area (Å²) in [4.78, 5) is 34.4. The maximum Gasteiger partial charge on any atom is 0.272 e. The van der Waals surface area contributed by atoms with Gasteiger partial charge in [-0.05, 0) is 105 Å². The number of nitriles is 1. The summed E-state index contributed by atoms with van der Waals surface area (Å²) >= 11 is 6.16. The number of hydrogen-bond acceptors (Lipinski definition) is 10. The van der Waals surface area contributed by atoms with Gasteiger partial charge in [-0.25, -0.2) is 4.98 Å². The Kier molecular flexibility index (Phi) is 12.9. The number of nitrogens with zero attached hydrogens (tertiary/aromatic N) is 8. The van der Waals surface area contributed by atoms with Gasteiger partial charge in [0.2, 0.25) is 5.91 Å². The highest BCUT2D eigenvalue weighted by Crippen LogP contribution is 2.37. The first-order chi connectivity index (χ1) is 30.8. The van der Waals surface area contributed by atoms with Crippen LogP contribution in [-0.4, -0.2) is 86.7 Å². The summed E-state index contributed by atoms with van der Waals surface area (Å²) in [5, 5.41) is 28.7. The lowest BCUT2D eigenvalue weighted by Crippen LogP contribution is -2.40. The molecule has 3 aromatic heterocycles. The number of anilines is 1. The van der Waals surface area contributed by atoms with Gasteiger partial charge in [0, 0.05) is 99.7 Å². The van der Waals surface area contributed by atoms with Crippen molar-refractivity contribution in [2.24, 2.45) is 5.92 Å². The number of piperidine rings is 1. The topological polar surface area (TPSA) is 151 Å². The Morgan fingerprint density at radius 2 is 1.79 bits per heavy atom. The van der Waals surface area contributed by atoms with E-state index in [-0.39, 0.29) is 24.0 Å². The fourth-order valence-electron chi connectivity index (χ4n) is 9.54. The van der Waals surface area contributed by atoms with Crippen molar-refractivity contribution in [3.05, 3.63) is 94.0 Å². The van der Waals surface area contributed by atoms with Crippen molar-refractivity contribution in [1.82, 2.24) is 35.2 Å². The maximum atomic E-state index is 13.0. The number of carbonyl (C=O) groups is 2. The standard InChI is InChI=1S/C49H52ClN9O4/c1-32(60)58-24-19-46-43(31-58)48(56-59(46)38-20-25-62-26-21-38)41-8-4-6-34-27-37(52-30-42(34)41)7-3-2-5-33-17-22-57(23-18-33)47-16-15-45(54-55-47)49(61)53-36-10-13-39(14-11-36)63-40-12-9-35(29-51)44(50)28-40/h4,6,8-9,12,15-16,27-28,30,33,36,38-39H,2,5,10-11,13-14,17-26,31H2,1H3,(H,53,61). The highest BCUT2D eigenvalue weighted by molar-refractivity contribution is 6.31. The molecule has 4 aliphatic rings. The van der Waals surface area contributed by atoms with Gasteiger partial charge in [0.05, 0.1) is 28.4 Å². The summed E-state index contributed by atoms with van der Waals surface area (Å²) in [6.45, 7) is 6.18. The fraction of sp³-hybridized carbons (Fsp3) is 0.449. The van der Waals surface area contributed by atoms with Crippen LogP contribution in [0.25, 0.3) is 22.0 Å². The van der Waals surface area contributed by atoms with E-state index in [1.165, 1.54) is 5.69 Å². The smallest absolute Gasteiger partial charge is 0.272 e. The highest BCUT2D eigenvalue weighted by Gasteiger charge is 2.31. The number of pyridine rings is 1. The lowest BCUT2D eigenvalue weighted by molar-refractivity contribution is -0.129. The van der Waals surface area contributed by atoms with Gasteiger partial charge in [-0.1, -0.05) is 35.7 Å². The van der Waals surface area contributed by atoms with Crippen LogP contribution in [0, 0.1) is 29.1 Å². The molecule has 9 rings (SSSR count). The molecule has 324 valence electrons. The van der Waals surface area contributed by atoms with E-state index < -0.39 is 0 Å². The van der Waals surface area contributed by atoms with Crippen molar-refractivity contribution in [2.45, 2.75) is 102 Å². The second-order valence-corrected chi connectivity index (χ2v) is 17.6. The molecule has 63 heavy (non-hydrogen) atoms. The van der Waals surface area contributed by atoms with Crippen LogP contribution in [0.4, 0.5) is 5.82 Å². The zero-order valence-corrected chi connectivity index (χ0v) is 36.4. The molecule has 14 heteroatoms. The highest BCUT2D eigenvalue weighted by atomic mass is 35.5. The van der Waals surface area contributed by atoms with Crippen LogP contribution < -0.4 is 15.0 Å². The number of carbonyl (C=O) groups excluding carboxylic acids is 2. The Labute approximate surface area is 373 Å². The van der Waals surface area contributed by atoms with Gasteiger partial charge >= 0.3 is 0 Å². The Morgan fingerprint density at radius 1 is 0.968 bits per heavy atom. The van der Waals surface area contributed by atoms with Gasteiger partial charge in [0.15, 0.2) is 11.5 Å². The molecule has 2 amide bonds. The summed E-state index contributed by atoms with van der Waals surface area (Å²) in [7, 11) is 0. The van der Waals surface area contributed by atoms with Gasteiger partial charge in [-0.2, -0.15) is 10.4 Å². The first-order valence-corrected chi connectivity index (χ1v) is 22.7. The van der Waals surface area contributed by atoms with E-state index in [1.54, 1.807) is 31.2 Å². The second kappa shape index (κ2) is 19.2. The van der Waals surface area contributed by atoms with E-state index in [4.69, 9.17) is 36.4 Å². The Hall–Kier alpha value is -6.02. The van der Waals surface area contributed by atoms with Crippen molar-refractivity contribution in [3.63, 3.8) is 0 Å². The van der Waals surface area contributed by atoms with Crippen molar-refractivity contribution in [1.29, 1.82) is 5.26 Å². The average molecular weight is 866 g/mol. The van der Waals surface area contributed by atoms with E-state index >= 15 is 0 Å². The quantitative estimate of drug-likeness (QED) is 0.145. The molecule has 0 radical (unpaired) electrons. The molecule has 3 aliphatic heterocycles. The monoisotopic (exact) mass is 865 g/mol. The number of rotatable bonds is 9. The molecular formula is C49H52ClN9O4. The summed E-state index contributed by atoms with van der Waals surface area (Å²) in [6.07, 6.45) is 11.8. The van der Waals surface area contributed by atoms with Gasteiger partial charge in [0.1, 0.15) is 17.5 Å². The Balaban J connectivity index is 0.747. The van der Waals surface area contributed by atoms with Crippen LogP contribution in [0.5, 0.6) is 5.75 Å². The number of ether oxygens (including phenoxy) is 2. The summed E-state index contributed by atoms with van der Waals surface area (Å²) < 4.78 is 14.0.